The van der Waals surface area contributed by atoms with Crippen molar-refractivity contribution in [3.8, 4) is 5.75 Å². The molecule has 8 heteroatoms. The van der Waals surface area contributed by atoms with E-state index in [0.29, 0.717) is 49.6 Å². The largest absolute Gasteiger partial charge is 0.496 e. The lowest BCUT2D eigenvalue weighted by Crippen LogP contribution is -2.51. The van der Waals surface area contributed by atoms with Crippen LogP contribution in [0.2, 0.25) is 0 Å². The van der Waals surface area contributed by atoms with E-state index < -0.39 is 11.8 Å². The molecule has 3 amide bonds. The van der Waals surface area contributed by atoms with Crippen LogP contribution in [0.3, 0.4) is 0 Å². The molecule has 0 unspecified atom stereocenters. The van der Waals surface area contributed by atoms with Gasteiger partial charge in [-0.25, -0.2) is 4.39 Å². The number of rotatable bonds is 5. The Morgan fingerprint density at radius 2 is 1.63 bits per heavy atom. The molecule has 2 aromatic rings. The van der Waals surface area contributed by atoms with Crippen molar-refractivity contribution in [2.24, 2.45) is 0 Å². The van der Waals surface area contributed by atoms with E-state index in [1.54, 1.807) is 42.3 Å². The monoisotopic (exact) mass is 411 g/mol. The van der Waals surface area contributed by atoms with Crippen molar-refractivity contribution >= 4 is 17.7 Å². The predicted octanol–water partition coefficient (Wildman–Crippen LogP) is 1.77. The molecule has 156 valence electrons. The van der Waals surface area contributed by atoms with Gasteiger partial charge in [-0.15, -0.1) is 0 Å². The molecule has 7 nitrogen and oxygen atoms in total. The molecule has 0 aromatic heterocycles. The Balaban J connectivity index is 1.34. The maximum absolute atomic E-state index is 13.6. The number of halogens is 1. The molecule has 30 heavy (non-hydrogen) atoms. The van der Waals surface area contributed by atoms with Gasteiger partial charge in [0, 0.05) is 38.3 Å². The Bertz CT molecular complexity index is 967. The molecule has 2 aliphatic rings. The number of ether oxygens (including phenoxy) is 1. The van der Waals surface area contributed by atoms with Gasteiger partial charge in [-0.3, -0.25) is 24.2 Å². The molecule has 0 aliphatic carbocycles. The van der Waals surface area contributed by atoms with Crippen molar-refractivity contribution in [2.45, 2.75) is 6.54 Å². The Hall–Kier alpha value is -3.26. The van der Waals surface area contributed by atoms with E-state index in [4.69, 9.17) is 4.74 Å². The fourth-order valence-electron chi connectivity index (χ4n) is 3.89. The molecular formula is C22H22FN3O4. The Labute approximate surface area is 173 Å². The summed E-state index contributed by atoms with van der Waals surface area (Å²) < 4.78 is 18.9. The van der Waals surface area contributed by atoms with Gasteiger partial charge in [0.2, 0.25) is 5.91 Å². The highest BCUT2D eigenvalue weighted by Crippen LogP contribution is 2.23. The topological polar surface area (TPSA) is 70.2 Å². The van der Waals surface area contributed by atoms with Gasteiger partial charge in [-0.1, -0.05) is 12.1 Å². The molecule has 0 spiro atoms. The maximum atomic E-state index is 13.6. The number of imide groups is 1. The van der Waals surface area contributed by atoms with Crippen LogP contribution in [0, 0.1) is 5.82 Å². The highest BCUT2D eigenvalue weighted by Gasteiger charge is 2.37. The molecular weight excluding hydrogens is 389 g/mol. The summed E-state index contributed by atoms with van der Waals surface area (Å²) in [5.74, 6) is -0.810. The summed E-state index contributed by atoms with van der Waals surface area (Å²) in [4.78, 5) is 42.4. The second kappa shape index (κ2) is 8.23. The van der Waals surface area contributed by atoms with Crippen molar-refractivity contribution < 1.29 is 23.5 Å². The number of methoxy groups -OCH3 is 1. The average molecular weight is 411 g/mol. The highest BCUT2D eigenvalue weighted by molar-refractivity contribution is 6.22. The second-order valence-corrected chi connectivity index (χ2v) is 7.36. The lowest BCUT2D eigenvalue weighted by Gasteiger charge is -2.35. The van der Waals surface area contributed by atoms with E-state index >= 15 is 0 Å². The summed E-state index contributed by atoms with van der Waals surface area (Å²) in [6, 6.07) is 11.0. The highest BCUT2D eigenvalue weighted by atomic mass is 19.1. The summed E-state index contributed by atoms with van der Waals surface area (Å²) in [5, 5.41) is 0. The third kappa shape index (κ3) is 3.78. The fraction of sp³-hybridized carbons (Fsp3) is 0.318. The van der Waals surface area contributed by atoms with Crippen LogP contribution in [-0.4, -0.2) is 72.3 Å². The number of carbonyl (C=O) groups excluding carboxylic acids is 3. The summed E-state index contributed by atoms with van der Waals surface area (Å²) in [5.41, 5.74) is 1.43. The summed E-state index contributed by atoms with van der Waals surface area (Å²) >= 11 is 0. The summed E-state index contributed by atoms with van der Waals surface area (Å²) in [6.45, 7) is 2.41. The van der Waals surface area contributed by atoms with E-state index in [2.05, 4.69) is 4.90 Å². The van der Waals surface area contributed by atoms with Gasteiger partial charge in [0.15, 0.2) is 0 Å². The normalized spacial score (nSPS) is 16.7. The van der Waals surface area contributed by atoms with Gasteiger partial charge in [-0.2, -0.15) is 0 Å². The summed E-state index contributed by atoms with van der Waals surface area (Å²) in [7, 11) is 1.55. The third-order valence-electron chi connectivity index (χ3n) is 5.53. The molecule has 2 aliphatic heterocycles. The van der Waals surface area contributed by atoms with Gasteiger partial charge < -0.3 is 9.64 Å². The van der Waals surface area contributed by atoms with Crippen LogP contribution >= 0.6 is 0 Å². The minimum atomic E-state index is -0.430. The lowest BCUT2D eigenvalue weighted by atomic mass is 10.1. The number of piperazine rings is 1. The summed E-state index contributed by atoms with van der Waals surface area (Å²) in [6.07, 6.45) is 0. The first-order valence-corrected chi connectivity index (χ1v) is 9.75. The van der Waals surface area contributed by atoms with Gasteiger partial charge >= 0.3 is 0 Å². The Morgan fingerprint density at radius 1 is 1.00 bits per heavy atom. The quantitative estimate of drug-likeness (QED) is 0.702. The molecule has 0 atom stereocenters. The van der Waals surface area contributed by atoms with Crippen LogP contribution in [0.25, 0.3) is 0 Å². The second-order valence-electron chi connectivity index (χ2n) is 7.36. The standard InChI is InChI=1S/C22H22FN3O4/c1-30-19-7-6-16(23)12-15(19)13-24-8-10-25(11-9-24)20(27)14-26-21(28)17-4-2-3-5-18(17)22(26)29/h2-7,12H,8-11,13-14H2,1H3. The molecule has 1 saturated heterocycles. The van der Waals surface area contributed by atoms with Gasteiger partial charge in [-0.05, 0) is 30.3 Å². The van der Waals surface area contributed by atoms with Crippen LogP contribution in [0.4, 0.5) is 4.39 Å². The minimum absolute atomic E-state index is 0.257. The third-order valence-corrected chi connectivity index (χ3v) is 5.53. The molecule has 2 heterocycles. The predicted molar refractivity (Wildman–Crippen MR) is 107 cm³/mol. The van der Waals surface area contributed by atoms with Crippen molar-refractivity contribution in [1.29, 1.82) is 0 Å². The molecule has 0 radical (unpaired) electrons. The van der Waals surface area contributed by atoms with Crippen molar-refractivity contribution in [1.82, 2.24) is 14.7 Å². The first-order chi connectivity index (χ1) is 14.5. The molecule has 0 bridgehead atoms. The van der Waals surface area contributed by atoms with Gasteiger partial charge in [0.05, 0.1) is 18.2 Å². The van der Waals surface area contributed by atoms with Crippen molar-refractivity contribution in [3.05, 3.63) is 65.0 Å². The van der Waals surface area contributed by atoms with Crippen molar-refractivity contribution in [3.63, 3.8) is 0 Å². The molecule has 2 aromatic carbocycles. The minimum Gasteiger partial charge on any atom is -0.496 e. The van der Waals surface area contributed by atoms with E-state index in [1.807, 2.05) is 0 Å². The average Bonchev–Trinajstić information content (AvgIpc) is 2.99. The lowest BCUT2D eigenvalue weighted by molar-refractivity contribution is -0.133. The van der Waals surface area contributed by atoms with E-state index in [1.165, 1.54) is 12.1 Å². The SMILES string of the molecule is COc1ccc(F)cc1CN1CCN(C(=O)CN2C(=O)c3ccccc3C2=O)CC1. The zero-order valence-corrected chi connectivity index (χ0v) is 16.6. The Morgan fingerprint density at radius 3 is 2.23 bits per heavy atom. The molecule has 4 rings (SSSR count). The molecule has 0 N–H and O–H groups in total. The van der Waals surface area contributed by atoms with Crippen molar-refractivity contribution in [2.75, 3.05) is 39.8 Å². The number of hydrogen-bond acceptors (Lipinski definition) is 5. The van der Waals surface area contributed by atoms with Crippen LogP contribution < -0.4 is 4.74 Å². The number of amides is 3. The maximum Gasteiger partial charge on any atom is 0.262 e. The van der Waals surface area contributed by atoms with Crippen LogP contribution in [0.15, 0.2) is 42.5 Å². The van der Waals surface area contributed by atoms with Crippen LogP contribution in [0.1, 0.15) is 26.3 Å². The first-order valence-electron chi connectivity index (χ1n) is 9.75. The zero-order chi connectivity index (χ0) is 21.3. The number of fused-ring (bicyclic) bond motifs is 1. The molecule has 0 saturated carbocycles. The van der Waals surface area contributed by atoms with E-state index in [-0.39, 0.29) is 18.3 Å². The zero-order valence-electron chi connectivity index (χ0n) is 16.6. The molecule has 1 fully saturated rings. The number of carbonyl (C=O) groups is 3. The smallest absolute Gasteiger partial charge is 0.262 e. The Kier molecular flexibility index (Phi) is 5.50. The van der Waals surface area contributed by atoms with Gasteiger partial charge in [0.25, 0.3) is 11.8 Å². The van der Waals surface area contributed by atoms with Gasteiger partial charge in [0.1, 0.15) is 18.1 Å². The number of benzene rings is 2. The van der Waals surface area contributed by atoms with Crippen LogP contribution in [0.5, 0.6) is 5.75 Å². The van der Waals surface area contributed by atoms with E-state index in [0.717, 1.165) is 10.5 Å². The van der Waals surface area contributed by atoms with E-state index in [9.17, 15) is 18.8 Å². The number of hydrogen-bond donors (Lipinski definition) is 0. The number of nitrogens with zero attached hydrogens (tertiary/aromatic N) is 3. The fourth-order valence-corrected chi connectivity index (χ4v) is 3.89. The first kappa shape index (κ1) is 20.0. The van der Waals surface area contributed by atoms with Crippen LogP contribution in [-0.2, 0) is 11.3 Å².